The van der Waals surface area contributed by atoms with Gasteiger partial charge in [-0.2, -0.15) is 0 Å². The normalized spacial score (nSPS) is 17.6. The minimum absolute atomic E-state index is 0.173. The molecule has 0 saturated carbocycles. The maximum absolute atomic E-state index is 12.5. The molecule has 1 aliphatic carbocycles. The number of rotatable bonds is 3. The Bertz CT molecular complexity index is 658. The number of aryl methyl sites for hydroxylation is 2. The van der Waals surface area contributed by atoms with Gasteiger partial charge in [0.25, 0.3) is 0 Å². The number of hydrogen-bond acceptors (Lipinski definition) is 3. The Morgan fingerprint density at radius 2 is 1.64 bits per heavy atom. The highest BCUT2D eigenvalue weighted by molar-refractivity contribution is 8.00. The molecule has 0 aromatic heterocycles. The second-order valence-electron chi connectivity index (χ2n) is 8.00. The van der Waals surface area contributed by atoms with Gasteiger partial charge in [-0.05, 0) is 42.5 Å². The van der Waals surface area contributed by atoms with Crippen molar-refractivity contribution in [1.29, 1.82) is 0 Å². The van der Waals surface area contributed by atoms with E-state index in [0.29, 0.717) is 31.9 Å². The van der Waals surface area contributed by atoms with Crippen LogP contribution in [0.25, 0.3) is 0 Å². The molecular weight excluding hydrogens is 332 g/mol. The maximum atomic E-state index is 12.5. The quantitative estimate of drug-likeness (QED) is 0.778. The van der Waals surface area contributed by atoms with Gasteiger partial charge >= 0.3 is 0 Å². The zero-order valence-corrected chi connectivity index (χ0v) is 16.3. The van der Waals surface area contributed by atoms with Gasteiger partial charge in [-0.3, -0.25) is 9.59 Å². The number of amides is 2. The van der Waals surface area contributed by atoms with Gasteiger partial charge in [-0.1, -0.05) is 26.8 Å². The molecular formula is C20H28N2O2S. The summed E-state index contributed by atoms with van der Waals surface area (Å²) in [5.41, 5.74) is 2.57. The van der Waals surface area contributed by atoms with E-state index < -0.39 is 0 Å². The van der Waals surface area contributed by atoms with Gasteiger partial charge in [0.1, 0.15) is 0 Å². The van der Waals surface area contributed by atoms with Crippen LogP contribution >= 0.6 is 11.8 Å². The Balaban J connectivity index is 1.48. The summed E-state index contributed by atoms with van der Waals surface area (Å²) in [4.78, 5) is 29.8. The third kappa shape index (κ3) is 4.38. The van der Waals surface area contributed by atoms with Gasteiger partial charge in [0.2, 0.25) is 11.8 Å². The Morgan fingerprint density at radius 1 is 1.00 bits per heavy atom. The van der Waals surface area contributed by atoms with Crippen LogP contribution in [0.4, 0.5) is 0 Å². The van der Waals surface area contributed by atoms with Gasteiger partial charge in [-0.15, -0.1) is 11.8 Å². The number of fused-ring (bicyclic) bond motifs is 1. The van der Waals surface area contributed by atoms with Crippen molar-refractivity contribution in [2.24, 2.45) is 5.41 Å². The summed E-state index contributed by atoms with van der Waals surface area (Å²) in [5.74, 6) is 0.826. The molecule has 1 aromatic carbocycles. The molecule has 0 radical (unpaired) electrons. The van der Waals surface area contributed by atoms with Gasteiger partial charge < -0.3 is 9.80 Å². The first kappa shape index (κ1) is 18.3. The van der Waals surface area contributed by atoms with E-state index in [4.69, 9.17) is 0 Å². The van der Waals surface area contributed by atoms with Crippen LogP contribution in [0.2, 0.25) is 0 Å². The van der Waals surface area contributed by atoms with E-state index in [0.717, 1.165) is 0 Å². The Hall–Kier alpha value is -1.49. The third-order valence-electron chi connectivity index (χ3n) is 4.99. The van der Waals surface area contributed by atoms with E-state index in [9.17, 15) is 9.59 Å². The zero-order chi connectivity index (χ0) is 18.0. The predicted molar refractivity (Wildman–Crippen MR) is 102 cm³/mol. The summed E-state index contributed by atoms with van der Waals surface area (Å²) in [5, 5.41) is 0. The standard InChI is InChI=1S/C20H28N2O2S/c1-20(2,3)19(24)22-11-9-21(10-12-22)18(23)14-25-17-8-7-15-5-4-6-16(15)13-17/h7-8,13H,4-6,9-12,14H2,1-3H3. The predicted octanol–water partition coefficient (Wildman–Crippen LogP) is 2.98. The molecule has 5 heteroatoms. The maximum Gasteiger partial charge on any atom is 0.233 e. The minimum Gasteiger partial charge on any atom is -0.339 e. The number of hydrogen-bond donors (Lipinski definition) is 0. The van der Waals surface area contributed by atoms with E-state index in [2.05, 4.69) is 18.2 Å². The first-order chi connectivity index (χ1) is 11.8. The SMILES string of the molecule is CC(C)(C)C(=O)N1CCN(C(=O)CSc2ccc3c(c2)CCC3)CC1. The molecule has 3 rings (SSSR count). The van der Waals surface area contributed by atoms with Crippen LogP contribution in [0, 0.1) is 5.41 Å². The molecule has 1 aliphatic heterocycles. The molecule has 0 bridgehead atoms. The van der Waals surface area contributed by atoms with Crippen LogP contribution in [0.15, 0.2) is 23.1 Å². The fourth-order valence-electron chi connectivity index (χ4n) is 3.51. The van der Waals surface area contributed by atoms with E-state index in [1.54, 1.807) is 11.8 Å². The summed E-state index contributed by atoms with van der Waals surface area (Å²) in [6.45, 7) is 8.41. The highest BCUT2D eigenvalue weighted by atomic mass is 32.2. The van der Waals surface area contributed by atoms with Gasteiger partial charge in [0.05, 0.1) is 5.75 Å². The lowest BCUT2D eigenvalue weighted by atomic mass is 9.94. The molecule has 136 valence electrons. The van der Waals surface area contributed by atoms with Crippen LogP contribution < -0.4 is 0 Å². The Labute approximate surface area is 154 Å². The summed E-state index contributed by atoms with van der Waals surface area (Å²) >= 11 is 1.63. The smallest absolute Gasteiger partial charge is 0.233 e. The first-order valence-corrected chi connectivity index (χ1v) is 10.1. The van der Waals surface area contributed by atoms with E-state index in [1.807, 2.05) is 30.6 Å². The van der Waals surface area contributed by atoms with Crippen LogP contribution in [-0.2, 0) is 22.4 Å². The molecule has 1 heterocycles. The molecule has 25 heavy (non-hydrogen) atoms. The van der Waals surface area contributed by atoms with Crippen LogP contribution in [-0.4, -0.2) is 53.5 Å². The van der Waals surface area contributed by atoms with Crippen molar-refractivity contribution < 1.29 is 9.59 Å². The van der Waals surface area contributed by atoms with Gasteiger partial charge in [-0.25, -0.2) is 0 Å². The fraction of sp³-hybridized carbons (Fsp3) is 0.600. The zero-order valence-electron chi connectivity index (χ0n) is 15.5. The monoisotopic (exact) mass is 360 g/mol. The average Bonchev–Trinajstić information content (AvgIpc) is 3.06. The number of thioether (sulfide) groups is 1. The molecule has 1 saturated heterocycles. The number of carbonyl (C=O) groups excluding carboxylic acids is 2. The molecule has 0 spiro atoms. The number of piperazine rings is 1. The molecule has 2 amide bonds. The van der Waals surface area contributed by atoms with E-state index in [1.165, 1.54) is 35.3 Å². The van der Waals surface area contributed by atoms with Crippen molar-refractivity contribution in [3.63, 3.8) is 0 Å². The average molecular weight is 361 g/mol. The summed E-state index contributed by atoms with van der Waals surface area (Å²) in [6.07, 6.45) is 3.61. The van der Waals surface area contributed by atoms with Crippen molar-refractivity contribution in [3.8, 4) is 0 Å². The number of carbonyl (C=O) groups is 2. The molecule has 4 nitrogen and oxygen atoms in total. The number of nitrogens with zero attached hydrogens (tertiary/aromatic N) is 2. The van der Waals surface area contributed by atoms with Crippen molar-refractivity contribution in [3.05, 3.63) is 29.3 Å². The molecule has 2 aliphatic rings. The van der Waals surface area contributed by atoms with Crippen LogP contribution in [0.5, 0.6) is 0 Å². The molecule has 0 unspecified atom stereocenters. The summed E-state index contributed by atoms with van der Waals surface area (Å²) in [6, 6.07) is 6.61. The molecule has 1 fully saturated rings. The molecule has 0 atom stereocenters. The van der Waals surface area contributed by atoms with Crippen molar-refractivity contribution in [2.45, 2.75) is 44.9 Å². The van der Waals surface area contributed by atoms with E-state index >= 15 is 0 Å². The summed E-state index contributed by atoms with van der Waals surface area (Å²) < 4.78 is 0. The minimum atomic E-state index is -0.352. The van der Waals surface area contributed by atoms with Crippen molar-refractivity contribution in [1.82, 2.24) is 9.80 Å². The third-order valence-corrected chi connectivity index (χ3v) is 5.97. The van der Waals surface area contributed by atoms with Gasteiger partial charge in [0, 0.05) is 36.5 Å². The Kier molecular flexibility index (Phi) is 5.42. The van der Waals surface area contributed by atoms with Crippen molar-refractivity contribution in [2.75, 3.05) is 31.9 Å². The highest BCUT2D eigenvalue weighted by Crippen LogP contribution is 2.28. The van der Waals surface area contributed by atoms with E-state index in [-0.39, 0.29) is 17.2 Å². The lowest BCUT2D eigenvalue weighted by Gasteiger charge is -2.37. The van der Waals surface area contributed by atoms with Crippen LogP contribution in [0.3, 0.4) is 0 Å². The molecule has 1 aromatic rings. The topological polar surface area (TPSA) is 40.6 Å². The lowest BCUT2D eigenvalue weighted by Crippen LogP contribution is -2.53. The number of benzene rings is 1. The van der Waals surface area contributed by atoms with Crippen molar-refractivity contribution >= 4 is 23.6 Å². The summed E-state index contributed by atoms with van der Waals surface area (Å²) in [7, 11) is 0. The molecule has 0 N–H and O–H groups in total. The Morgan fingerprint density at radius 3 is 2.32 bits per heavy atom. The van der Waals surface area contributed by atoms with Crippen LogP contribution in [0.1, 0.15) is 38.3 Å². The first-order valence-electron chi connectivity index (χ1n) is 9.16. The largest absolute Gasteiger partial charge is 0.339 e. The lowest BCUT2D eigenvalue weighted by molar-refractivity contribution is -0.144. The second-order valence-corrected chi connectivity index (χ2v) is 9.04. The second kappa shape index (κ2) is 7.40. The highest BCUT2D eigenvalue weighted by Gasteiger charge is 2.30. The van der Waals surface area contributed by atoms with Gasteiger partial charge in [0.15, 0.2) is 0 Å². The fourth-order valence-corrected chi connectivity index (χ4v) is 4.37.